The van der Waals surface area contributed by atoms with E-state index in [2.05, 4.69) is 10.6 Å². The van der Waals surface area contributed by atoms with Crippen molar-refractivity contribution in [3.8, 4) is 11.5 Å². The van der Waals surface area contributed by atoms with Crippen molar-refractivity contribution in [3.05, 3.63) is 48.5 Å². The largest absolute Gasteiger partial charge is 0.497 e. The lowest BCUT2D eigenvalue weighted by molar-refractivity contribution is -0.114. The molecule has 0 heterocycles. The van der Waals surface area contributed by atoms with E-state index < -0.39 is 0 Å². The summed E-state index contributed by atoms with van der Waals surface area (Å²) in [5.41, 5.74) is 1.47. The maximum Gasteiger partial charge on any atom is 0.243 e. The van der Waals surface area contributed by atoms with Gasteiger partial charge in [-0.2, -0.15) is 0 Å². The van der Waals surface area contributed by atoms with Gasteiger partial charge in [-0.3, -0.25) is 4.79 Å². The molecule has 21 heavy (non-hydrogen) atoms. The van der Waals surface area contributed by atoms with Crippen LogP contribution in [0.5, 0.6) is 11.5 Å². The highest BCUT2D eigenvalue weighted by Crippen LogP contribution is 2.28. The van der Waals surface area contributed by atoms with Gasteiger partial charge in [0.05, 0.1) is 26.5 Å². The molecular weight excluding hydrogens is 268 g/mol. The lowest BCUT2D eigenvalue weighted by Gasteiger charge is -2.12. The molecule has 5 heteroatoms. The second-order valence-electron chi connectivity index (χ2n) is 4.33. The molecule has 0 bridgehead atoms. The van der Waals surface area contributed by atoms with E-state index >= 15 is 0 Å². The molecule has 0 aliphatic carbocycles. The van der Waals surface area contributed by atoms with Crippen LogP contribution < -0.4 is 20.1 Å². The minimum Gasteiger partial charge on any atom is -0.497 e. The third kappa shape index (κ3) is 4.14. The Morgan fingerprint density at radius 3 is 2.48 bits per heavy atom. The first-order valence-corrected chi connectivity index (χ1v) is 6.53. The van der Waals surface area contributed by atoms with Crippen molar-refractivity contribution in [2.75, 3.05) is 31.4 Å². The highest BCUT2D eigenvalue weighted by molar-refractivity contribution is 5.93. The van der Waals surface area contributed by atoms with Gasteiger partial charge in [-0.15, -0.1) is 0 Å². The maximum atomic E-state index is 11.9. The predicted molar refractivity (Wildman–Crippen MR) is 83.1 cm³/mol. The molecular formula is C16H18N2O3. The van der Waals surface area contributed by atoms with Crippen LogP contribution in [0.15, 0.2) is 48.5 Å². The third-order valence-corrected chi connectivity index (χ3v) is 2.90. The first kappa shape index (κ1) is 14.7. The molecule has 5 nitrogen and oxygen atoms in total. The Kier molecular flexibility index (Phi) is 5.04. The van der Waals surface area contributed by atoms with Crippen molar-refractivity contribution in [2.45, 2.75) is 0 Å². The summed E-state index contributed by atoms with van der Waals surface area (Å²) in [7, 11) is 3.17. The second-order valence-corrected chi connectivity index (χ2v) is 4.33. The molecule has 110 valence electrons. The van der Waals surface area contributed by atoms with E-state index in [0.717, 1.165) is 5.69 Å². The zero-order valence-electron chi connectivity index (χ0n) is 12.1. The summed E-state index contributed by atoms with van der Waals surface area (Å²) in [6, 6.07) is 14.7. The second kappa shape index (κ2) is 7.19. The lowest BCUT2D eigenvalue weighted by atomic mass is 10.2. The van der Waals surface area contributed by atoms with Crippen LogP contribution in [0.4, 0.5) is 11.4 Å². The van der Waals surface area contributed by atoms with E-state index in [4.69, 9.17) is 9.47 Å². The molecule has 2 aromatic carbocycles. The number of hydrogen-bond acceptors (Lipinski definition) is 4. The van der Waals surface area contributed by atoms with Crippen molar-refractivity contribution in [3.63, 3.8) is 0 Å². The van der Waals surface area contributed by atoms with Crippen LogP contribution in [0, 0.1) is 0 Å². The summed E-state index contributed by atoms with van der Waals surface area (Å²) in [5.74, 6) is 1.22. The molecule has 0 aliphatic rings. The van der Waals surface area contributed by atoms with Crippen LogP contribution in [0.25, 0.3) is 0 Å². The Hall–Kier alpha value is -2.69. The van der Waals surface area contributed by atoms with Gasteiger partial charge in [0, 0.05) is 11.8 Å². The standard InChI is InChI=1S/C16H18N2O3/c1-20-13-8-9-15(21-2)14(10-13)17-11-16(19)18-12-6-4-3-5-7-12/h3-10,17H,11H2,1-2H3,(H,18,19). The normalized spacial score (nSPS) is 9.81. The molecule has 0 fully saturated rings. The van der Waals surface area contributed by atoms with Gasteiger partial charge >= 0.3 is 0 Å². The summed E-state index contributed by atoms with van der Waals surface area (Å²) in [5, 5.41) is 5.85. The molecule has 2 N–H and O–H groups in total. The Bertz CT molecular complexity index is 600. The fourth-order valence-electron chi connectivity index (χ4n) is 1.85. The van der Waals surface area contributed by atoms with Crippen molar-refractivity contribution in [1.29, 1.82) is 0 Å². The van der Waals surface area contributed by atoms with Crippen LogP contribution in [-0.2, 0) is 4.79 Å². The zero-order valence-corrected chi connectivity index (χ0v) is 12.1. The van der Waals surface area contributed by atoms with Crippen LogP contribution in [0.3, 0.4) is 0 Å². The fourth-order valence-corrected chi connectivity index (χ4v) is 1.85. The number of benzene rings is 2. The summed E-state index contributed by atoms with van der Waals surface area (Å²) in [6.07, 6.45) is 0. The van der Waals surface area contributed by atoms with Gasteiger partial charge in [0.25, 0.3) is 0 Å². The minimum atomic E-state index is -0.133. The van der Waals surface area contributed by atoms with Crippen molar-refractivity contribution >= 4 is 17.3 Å². The van der Waals surface area contributed by atoms with E-state index in [1.165, 1.54) is 0 Å². The van der Waals surface area contributed by atoms with Gasteiger partial charge in [0.2, 0.25) is 5.91 Å². The van der Waals surface area contributed by atoms with Gasteiger partial charge < -0.3 is 20.1 Å². The van der Waals surface area contributed by atoms with E-state index in [9.17, 15) is 4.79 Å². The molecule has 0 aliphatic heterocycles. The Morgan fingerprint density at radius 2 is 1.81 bits per heavy atom. The number of carbonyl (C=O) groups excluding carboxylic acids is 1. The first-order valence-electron chi connectivity index (χ1n) is 6.53. The van der Waals surface area contributed by atoms with E-state index in [1.807, 2.05) is 30.3 Å². The monoisotopic (exact) mass is 286 g/mol. The average Bonchev–Trinajstić information content (AvgIpc) is 2.53. The molecule has 1 amide bonds. The van der Waals surface area contributed by atoms with Crippen molar-refractivity contribution < 1.29 is 14.3 Å². The molecule has 2 aromatic rings. The van der Waals surface area contributed by atoms with Crippen LogP contribution >= 0.6 is 0 Å². The number of hydrogen-bond donors (Lipinski definition) is 2. The maximum absolute atomic E-state index is 11.9. The first-order chi connectivity index (χ1) is 10.2. The van der Waals surface area contributed by atoms with Gasteiger partial charge in [-0.25, -0.2) is 0 Å². The Morgan fingerprint density at radius 1 is 1.05 bits per heavy atom. The van der Waals surface area contributed by atoms with Gasteiger partial charge in [-0.05, 0) is 24.3 Å². The minimum absolute atomic E-state index is 0.133. The molecule has 0 saturated carbocycles. The summed E-state index contributed by atoms with van der Waals surface area (Å²) in [6.45, 7) is 0.137. The highest BCUT2D eigenvalue weighted by atomic mass is 16.5. The van der Waals surface area contributed by atoms with E-state index in [-0.39, 0.29) is 12.5 Å². The highest BCUT2D eigenvalue weighted by Gasteiger charge is 2.07. The van der Waals surface area contributed by atoms with Crippen molar-refractivity contribution in [2.24, 2.45) is 0 Å². The lowest BCUT2D eigenvalue weighted by Crippen LogP contribution is -2.21. The number of para-hydroxylation sites is 1. The molecule has 0 radical (unpaired) electrons. The Balaban J connectivity index is 1.97. The average molecular weight is 286 g/mol. The smallest absolute Gasteiger partial charge is 0.243 e. The molecule has 0 unspecified atom stereocenters. The number of methoxy groups -OCH3 is 2. The molecule has 0 aromatic heterocycles. The van der Waals surface area contributed by atoms with Crippen LogP contribution in [0.1, 0.15) is 0 Å². The van der Waals surface area contributed by atoms with E-state index in [0.29, 0.717) is 17.2 Å². The molecule has 0 atom stereocenters. The van der Waals surface area contributed by atoms with Crippen molar-refractivity contribution in [1.82, 2.24) is 0 Å². The SMILES string of the molecule is COc1ccc(OC)c(NCC(=O)Nc2ccccc2)c1. The fraction of sp³-hybridized carbons (Fsp3) is 0.188. The van der Waals surface area contributed by atoms with Gasteiger partial charge in [0.1, 0.15) is 11.5 Å². The number of ether oxygens (including phenoxy) is 2. The number of amides is 1. The van der Waals surface area contributed by atoms with Gasteiger partial charge in [-0.1, -0.05) is 18.2 Å². The van der Waals surface area contributed by atoms with Gasteiger partial charge in [0.15, 0.2) is 0 Å². The number of nitrogens with one attached hydrogen (secondary N) is 2. The summed E-state index contributed by atoms with van der Waals surface area (Å²) in [4.78, 5) is 11.9. The topological polar surface area (TPSA) is 59.6 Å². The number of rotatable bonds is 6. The zero-order chi connectivity index (χ0) is 15.1. The Labute approximate surface area is 123 Å². The van der Waals surface area contributed by atoms with Crippen LogP contribution in [-0.4, -0.2) is 26.7 Å². The number of carbonyl (C=O) groups is 1. The summed E-state index contributed by atoms with van der Waals surface area (Å²) < 4.78 is 10.4. The predicted octanol–water partition coefficient (Wildman–Crippen LogP) is 2.75. The number of anilines is 2. The molecule has 2 rings (SSSR count). The summed E-state index contributed by atoms with van der Waals surface area (Å²) >= 11 is 0. The van der Waals surface area contributed by atoms with Crippen LogP contribution in [0.2, 0.25) is 0 Å². The molecule has 0 spiro atoms. The molecule has 0 saturated heterocycles. The third-order valence-electron chi connectivity index (χ3n) is 2.90. The quantitative estimate of drug-likeness (QED) is 0.857. The van der Waals surface area contributed by atoms with E-state index in [1.54, 1.807) is 32.4 Å².